The van der Waals surface area contributed by atoms with Crippen molar-refractivity contribution in [2.45, 2.75) is 33.2 Å². The van der Waals surface area contributed by atoms with Crippen LogP contribution in [0.25, 0.3) is 0 Å². The molecule has 0 bridgehead atoms. The third-order valence-electron chi connectivity index (χ3n) is 2.67. The Bertz CT molecular complexity index is 236. The molecule has 0 aliphatic heterocycles. The van der Waals surface area contributed by atoms with Crippen LogP contribution in [0.3, 0.4) is 0 Å². The van der Waals surface area contributed by atoms with E-state index in [1.54, 1.807) is 6.20 Å². The fourth-order valence-electron chi connectivity index (χ4n) is 1.93. The van der Waals surface area contributed by atoms with Crippen LogP contribution >= 0.6 is 0 Å². The third-order valence-corrected chi connectivity index (χ3v) is 2.67. The van der Waals surface area contributed by atoms with Gasteiger partial charge in [0, 0.05) is 6.04 Å². The van der Waals surface area contributed by atoms with E-state index < -0.39 is 0 Å². The summed E-state index contributed by atoms with van der Waals surface area (Å²) in [6.45, 7) is 6.51. The lowest BCUT2D eigenvalue weighted by atomic mass is 9.85. The Morgan fingerprint density at radius 2 is 2.08 bits per heavy atom. The number of nitrogens with two attached hydrogens (primary N) is 2. The molecular formula is C10H18N2. The Balaban J connectivity index is 2.93. The molecule has 0 fully saturated rings. The SMILES string of the molecule is CC1=C(/C=C\N)[C@@H](N)C(C)(C)C1. The molecule has 12 heavy (non-hydrogen) atoms. The van der Waals surface area contributed by atoms with Crippen LogP contribution in [0.1, 0.15) is 27.2 Å². The highest BCUT2D eigenvalue weighted by Crippen LogP contribution is 2.40. The highest BCUT2D eigenvalue weighted by Gasteiger charge is 2.35. The molecule has 2 heteroatoms. The van der Waals surface area contributed by atoms with Crippen LogP contribution in [0.4, 0.5) is 0 Å². The van der Waals surface area contributed by atoms with Gasteiger partial charge in [0.05, 0.1) is 0 Å². The molecule has 0 aromatic rings. The summed E-state index contributed by atoms with van der Waals surface area (Å²) in [7, 11) is 0. The molecule has 68 valence electrons. The Morgan fingerprint density at radius 1 is 1.50 bits per heavy atom. The lowest BCUT2D eigenvalue weighted by Crippen LogP contribution is -2.34. The Hall–Kier alpha value is -0.760. The van der Waals surface area contributed by atoms with Crippen molar-refractivity contribution in [3.05, 3.63) is 23.4 Å². The van der Waals surface area contributed by atoms with Crippen LogP contribution in [0.5, 0.6) is 0 Å². The van der Waals surface area contributed by atoms with Gasteiger partial charge in [0.1, 0.15) is 0 Å². The summed E-state index contributed by atoms with van der Waals surface area (Å²) in [5, 5.41) is 0. The number of allylic oxidation sites excluding steroid dienone is 1. The molecule has 1 atom stereocenters. The van der Waals surface area contributed by atoms with E-state index in [9.17, 15) is 0 Å². The quantitative estimate of drug-likeness (QED) is 0.620. The molecule has 0 saturated carbocycles. The lowest BCUT2D eigenvalue weighted by Gasteiger charge is -2.24. The van der Waals surface area contributed by atoms with Crippen LogP contribution in [0, 0.1) is 5.41 Å². The average Bonchev–Trinajstić information content (AvgIpc) is 2.13. The fraction of sp³-hybridized carbons (Fsp3) is 0.600. The van der Waals surface area contributed by atoms with E-state index in [1.165, 1.54) is 11.1 Å². The molecule has 1 aliphatic carbocycles. The Labute approximate surface area is 74.3 Å². The van der Waals surface area contributed by atoms with Crippen molar-refractivity contribution in [1.82, 2.24) is 0 Å². The van der Waals surface area contributed by atoms with Crippen molar-refractivity contribution in [1.29, 1.82) is 0 Å². The molecule has 0 unspecified atom stereocenters. The van der Waals surface area contributed by atoms with Gasteiger partial charge in [0.2, 0.25) is 0 Å². The van der Waals surface area contributed by atoms with E-state index >= 15 is 0 Å². The van der Waals surface area contributed by atoms with Gasteiger partial charge in [-0.25, -0.2) is 0 Å². The van der Waals surface area contributed by atoms with Crippen LogP contribution in [-0.2, 0) is 0 Å². The minimum atomic E-state index is 0.136. The first-order valence-electron chi connectivity index (χ1n) is 4.32. The van der Waals surface area contributed by atoms with Gasteiger partial charge >= 0.3 is 0 Å². The second-order valence-corrected chi connectivity index (χ2v) is 4.24. The van der Waals surface area contributed by atoms with Crippen molar-refractivity contribution >= 4 is 0 Å². The highest BCUT2D eigenvalue weighted by atomic mass is 14.7. The van der Waals surface area contributed by atoms with Crippen molar-refractivity contribution in [2.24, 2.45) is 16.9 Å². The molecule has 0 aromatic heterocycles. The molecule has 0 spiro atoms. The summed E-state index contributed by atoms with van der Waals surface area (Å²) in [4.78, 5) is 0. The second kappa shape index (κ2) is 2.94. The molecular weight excluding hydrogens is 148 g/mol. The normalized spacial score (nSPS) is 28.8. The Morgan fingerprint density at radius 3 is 2.42 bits per heavy atom. The summed E-state index contributed by atoms with van der Waals surface area (Å²) in [6.07, 6.45) is 4.57. The minimum absolute atomic E-state index is 0.136. The van der Waals surface area contributed by atoms with Gasteiger partial charge < -0.3 is 11.5 Å². The first-order chi connectivity index (χ1) is 5.49. The average molecular weight is 166 g/mol. The minimum Gasteiger partial charge on any atom is -0.405 e. The first-order valence-corrected chi connectivity index (χ1v) is 4.32. The summed E-state index contributed by atoms with van der Waals surface area (Å²) >= 11 is 0. The molecule has 2 nitrogen and oxygen atoms in total. The standard InChI is InChI=1S/C10H18N2/c1-7-6-10(2,3)9(12)8(7)4-5-11/h4-5,9H,6,11-12H2,1-3H3/b5-4-/t9-/m1/s1. The van der Waals surface area contributed by atoms with Crippen molar-refractivity contribution in [3.63, 3.8) is 0 Å². The zero-order valence-electron chi connectivity index (χ0n) is 8.09. The van der Waals surface area contributed by atoms with Crippen molar-refractivity contribution < 1.29 is 0 Å². The van der Waals surface area contributed by atoms with E-state index in [2.05, 4.69) is 20.8 Å². The second-order valence-electron chi connectivity index (χ2n) is 4.24. The fourth-order valence-corrected chi connectivity index (χ4v) is 1.93. The third kappa shape index (κ3) is 1.39. The van der Waals surface area contributed by atoms with Gasteiger partial charge in [-0.2, -0.15) is 0 Å². The first kappa shape index (κ1) is 9.33. The van der Waals surface area contributed by atoms with Crippen LogP contribution in [0.15, 0.2) is 23.4 Å². The molecule has 0 heterocycles. The van der Waals surface area contributed by atoms with Gasteiger partial charge in [-0.05, 0) is 36.6 Å². The highest BCUT2D eigenvalue weighted by molar-refractivity contribution is 5.36. The van der Waals surface area contributed by atoms with E-state index in [0.717, 1.165) is 6.42 Å². The van der Waals surface area contributed by atoms with E-state index in [-0.39, 0.29) is 11.5 Å². The Kier molecular flexibility index (Phi) is 2.29. The largest absolute Gasteiger partial charge is 0.405 e. The maximum Gasteiger partial charge on any atom is 0.0349 e. The summed E-state index contributed by atoms with van der Waals surface area (Å²) in [6, 6.07) is 0.136. The van der Waals surface area contributed by atoms with Gasteiger partial charge in [0.15, 0.2) is 0 Å². The molecule has 1 rings (SSSR count). The molecule has 1 aliphatic rings. The molecule has 0 amide bonds. The van der Waals surface area contributed by atoms with Gasteiger partial charge in [-0.15, -0.1) is 0 Å². The molecule has 0 aromatic carbocycles. The van der Waals surface area contributed by atoms with Gasteiger partial charge in [0.25, 0.3) is 0 Å². The molecule has 0 radical (unpaired) electrons. The summed E-state index contributed by atoms with van der Waals surface area (Å²) in [5.74, 6) is 0. The summed E-state index contributed by atoms with van der Waals surface area (Å²) < 4.78 is 0. The van der Waals surface area contributed by atoms with E-state index in [1.807, 2.05) is 6.08 Å². The number of rotatable bonds is 1. The molecule has 4 N–H and O–H groups in total. The number of hydrogen-bond donors (Lipinski definition) is 2. The van der Waals surface area contributed by atoms with E-state index in [4.69, 9.17) is 11.5 Å². The summed E-state index contributed by atoms with van der Waals surface area (Å²) in [5.41, 5.74) is 14.2. The zero-order chi connectivity index (χ0) is 9.35. The van der Waals surface area contributed by atoms with Crippen LogP contribution < -0.4 is 11.5 Å². The predicted octanol–water partition coefficient (Wildman–Crippen LogP) is 1.53. The monoisotopic (exact) mass is 166 g/mol. The topological polar surface area (TPSA) is 52.0 Å². The van der Waals surface area contributed by atoms with Crippen molar-refractivity contribution in [2.75, 3.05) is 0 Å². The smallest absolute Gasteiger partial charge is 0.0349 e. The van der Waals surface area contributed by atoms with Crippen LogP contribution in [0.2, 0.25) is 0 Å². The van der Waals surface area contributed by atoms with Gasteiger partial charge in [-0.1, -0.05) is 19.4 Å². The van der Waals surface area contributed by atoms with Crippen LogP contribution in [-0.4, -0.2) is 6.04 Å². The van der Waals surface area contributed by atoms with Crippen molar-refractivity contribution in [3.8, 4) is 0 Å². The maximum atomic E-state index is 6.07. The number of hydrogen-bond acceptors (Lipinski definition) is 2. The lowest BCUT2D eigenvalue weighted by molar-refractivity contribution is 0.343. The molecule has 0 saturated heterocycles. The van der Waals surface area contributed by atoms with Gasteiger partial charge in [-0.3, -0.25) is 0 Å². The van der Waals surface area contributed by atoms with E-state index in [0.29, 0.717) is 0 Å². The maximum absolute atomic E-state index is 6.07. The zero-order valence-corrected chi connectivity index (χ0v) is 8.09. The predicted molar refractivity (Wildman–Crippen MR) is 52.4 cm³/mol.